The second-order valence-corrected chi connectivity index (χ2v) is 17.2. The predicted molar refractivity (Wildman–Crippen MR) is 276 cm³/mol. The molecule has 0 fully saturated rings. The van der Waals surface area contributed by atoms with Gasteiger partial charge in [-0.1, -0.05) is 176 Å². The van der Waals surface area contributed by atoms with Gasteiger partial charge in [-0.25, -0.2) is 0 Å². The topological polar surface area (TPSA) is 21.3 Å². The van der Waals surface area contributed by atoms with Crippen LogP contribution < -0.4 is 4.90 Å². The first-order chi connectivity index (χ1) is 32.2. The Morgan fingerprint density at radius 3 is 2.18 bits per heavy atom. The molecule has 0 saturated heterocycles. The zero-order valence-corrected chi connectivity index (χ0v) is 36.2. The Hall–Kier alpha value is -8.14. The SMILES string of the molecule is C/C=C\c1ccccc1Cc1cccc(C2=CCC(N(c3cccc(-n4c5ccccc5c5ccccc54)c3)c3ccccc3-c3ccc4oc5c6ccccc6ccc5c4c3)C=C2)c1. The lowest BCUT2D eigenvalue weighted by Gasteiger charge is -2.35. The molecule has 0 radical (unpaired) electrons. The monoisotopic (exact) mass is 834 g/mol. The second kappa shape index (κ2) is 16.2. The molecular formula is C62H46N2O. The van der Waals surface area contributed by atoms with Gasteiger partial charge in [-0.2, -0.15) is 0 Å². The van der Waals surface area contributed by atoms with Gasteiger partial charge < -0.3 is 13.9 Å². The molecule has 0 spiro atoms. The van der Waals surface area contributed by atoms with Crippen molar-refractivity contribution in [2.24, 2.45) is 0 Å². The van der Waals surface area contributed by atoms with E-state index >= 15 is 0 Å². The van der Waals surface area contributed by atoms with Crippen LogP contribution in [-0.2, 0) is 6.42 Å². The number of hydrogen-bond donors (Lipinski definition) is 0. The van der Waals surface area contributed by atoms with Crippen molar-refractivity contribution >= 4 is 77.5 Å². The van der Waals surface area contributed by atoms with Crippen molar-refractivity contribution in [2.45, 2.75) is 25.8 Å². The lowest BCUT2D eigenvalue weighted by atomic mass is 9.92. The Labute approximate surface area is 379 Å². The van der Waals surface area contributed by atoms with E-state index in [0.29, 0.717) is 0 Å². The minimum atomic E-state index is 0.0500. The average molecular weight is 835 g/mol. The number of allylic oxidation sites excluding steroid dienone is 3. The molecule has 1 unspecified atom stereocenters. The molecule has 3 nitrogen and oxygen atoms in total. The number of furan rings is 1. The zero-order chi connectivity index (χ0) is 43.3. The molecule has 1 aliphatic rings. The highest BCUT2D eigenvalue weighted by molar-refractivity contribution is 6.16. The van der Waals surface area contributed by atoms with E-state index in [1.807, 2.05) is 0 Å². The molecule has 1 aliphatic carbocycles. The number of aromatic nitrogens is 1. The maximum absolute atomic E-state index is 6.58. The van der Waals surface area contributed by atoms with Crippen molar-refractivity contribution in [3.05, 3.63) is 247 Å². The van der Waals surface area contributed by atoms with Gasteiger partial charge in [-0.05, 0) is 113 Å². The smallest absolute Gasteiger partial charge is 0.143 e. The number of benzene rings is 9. The first kappa shape index (κ1) is 38.5. The van der Waals surface area contributed by atoms with Gasteiger partial charge in [-0.3, -0.25) is 0 Å². The third-order valence-electron chi connectivity index (χ3n) is 13.2. The molecule has 2 aromatic heterocycles. The summed E-state index contributed by atoms with van der Waals surface area (Å²) in [6, 6.07) is 72.9. The van der Waals surface area contributed by atoms with Crippen LogP contribution in [0.15, 0.2) is 229 Å². The van der Waals surface area contributed by atoms with E-state index in [1.165, 1.54) is 60.6 Å². The summed E-state index contributed by atoms with van der Waals surface area (Å²) in [4.78, 5) is 2.55. The predicted octanol–water partition coefficient (Wildman–Crippen LogP) is 16.7. The third-order valence-corrected chi connectivity index (χ3v) is 13.2. The third kappa shape index (κ3) is 6.85. The fourth-order valence-electron chi connectivity index (χ4n) is 10.2. The van der Waals surface area contributed by atoms with E-state index in [4.69, 9.17) is 4.42 Å². The summed E-state index contributed by atoms with van der Waals surface area (Å²) in [5.74, 6) is 0. The van der Waals surface area contributed by atoms with E-state index < -0.39 is 0 Å². The summed E-state index contributed by atoms with van der Waals surface area (Å²) in [7, 11) is 0. The van der Waals surface area contributed by atoms with Crippen molar-refractivity contribution < 1.29 is 4.42 Å². The Morgan fingerprint density at radius 2 is 1.35 bits per heavy atom. The summed E-state index contributed by atoms with van der Waals surface area (Å²) in [6.45, 7) is 2.08. The summed E-state index contributed by atoms with van der Waals surface area (Å²) in [5, 5.41) is 7.08. The highest BCUT2D eigenvalue weighted by Gasteiger charge is 2.25. The standard InChI is InChI=1S/C62H46N2O/c1-2-15-43-17-3-4-19-46(43)38-42-16-13-20-47(39-42)44-30-34-49(35-31-44)63(50-21-14-22-51(41-50)64-59-28-11-8-25-54(59)55-26-9-12-29-60(55)64)58-27-10-7-23-52(58)48-33-37-61-57(40-48)56-36-32-45-18-5-6-24-53(45)62(56)65-61/h2-34,36-37,39-41,49H,35,38H2,1H3/b15-2-. The zero-order valence-electron chi connectivity index (χ0n) is 36.2. The van der Waals surface area contributed by atoms with Crippen LogP contribution in [0.2, 0.25) is 0 Å². The van der Waals surface area contributed by atoms with Gasteiger partial charge >= 0.3 is 0 Å². The fourth-order valence-corrected chi connectivity index (χ4v) is 10.2. The number of anilines is 2. The molecule has 310 valence electrons. The van der Waals surface area contributed by atoms with Gasteiger partial charge in [0.1, 0.15) is 11.2 Å². The number of hydrogen-bond acceptors (Lipinski definition) is 2. The number of fused-ring (bicyclic) bond motifs is 8. The minimum Gasteiger partial charge on any atom is -0.455 e. The summed E-state index contributed by atoms with van der Waals surface area (Å²) in [6.07, 6.45) is 13.2. The molecule has 0 N–H and O–H groups in total. The minimum absolute atomic E-state index is 0.0500. The van der Waals surface area contributed by atoms with Gasteiger partial charge in [0.15, 0.2) is 0 Å². The average Bonchev–Trinajstić information content (AvgIpc) is 3.91. The van der Waals surface area contributed by atoms with Crippen molar-refractivity contribution in [1.82, 2.24) is 4.57 Å². The van der Waals surface area contributed by atoms with Gasteiger partial charge in [-0.15, -0.1) is 0 Å². The molecular weight excluding hydrogens is 789 g/mol. The van der Waals surface area contributed by atoms with Gasteiger partial charge in [0.05, 0.1) is 17.1 Å². The van der Waals surface area contributed by atoms with Crippen LogP contribution in [0.25, 0.3) is 83.0 Å². The van der Waals surface area contributed by atoms with Crippen molar-refractivity contribution in [3.63, 3.8) is 0 Å². The van der Waals surface area contributed by atoms with E-state index in [2.05, 4.69) is 247 Å². The molecule has 0 saturated carbocycles. The number of rotatable bonds is 9. The van der Waals surface area contributed by atoms with Crippen molar-refractivity contribution in [2.75, 3.05) is 4.90 Å². The molecule has 0 aliphatic heterocycles. The van der Waals surface area contributed by atoms with Crippen molar-refractivity contribution in [3.8, 4) is 16.8 Å². The summed E-state index contributed by atoms with van der Waals surface area (Å²) in [5.41, 5.74) is 16.4. The largest absolute Gasteiger partial charge is 0.455 e. The lowest BCUT2D eigenvalue weighted by molar-refractivity contribution is 0.672. The molecule has 12 rings (SSSR count). The van der Waals surface area contributed by atoms with Crippen LogP contribution in [0.5, 0.6) is 0 Å². The maximum atomic E-state index is 6.58. The summed E-state index contributed by atoms with van der Waals surface area (Å²) >= 11 is 0. The highest BCUT2D eigenvalue weighted by atomic mass is 16.3. The lowest BCUT2D eigenvalue weighted by Crippen LogP contribution is -2.30. The summed E-state index contributed by atoms with van der Waals surface area (Å²) < 4.78 is 8.99. The van der Waals surface area contributed by atoms with Crippen LogP contribution >= 0.6 is 0 Å². The quantitative estimate of drug-likeness (QED) is 0.144. The van der Waals surface area contributed by atoms with Crippen LogP contribution in [-0.4, -0.2) is 10.6 Å². The molecule has 0 amide bonds. The van der Waals surface area contributed by atoms with E-state index in [0.717, 1.165) is 62.8 Å². The van der Waals surface area contributed by atoms with Crippen LogP contribution in [0.3, 0.4) is 0 Å². The Morgan fingerprint density at radius 1 is 0.600 bits per heavy atom. The number of nitrogens with zero attached hydrogens (tertiary/aromatic N) is 2. The molecule has 0 bridgehead atoms. The van der Waals surface area contributed by atoms with E-state index in [9.17, 15) is 0 Å². The highest BCUT2D eigenvalue weighted by Crippen LogP contribution is 2.43. The Kier molecular flexibility index (Phi) is 9.60. The van der Waals surface area contributed by atoms with Gasteiger partial charge in [0.2, 0.25) is 0 Å². The molecule has 2 heterocycles. The Balaban J connectivity index is 0.967. The first-order valence-corrected chi connectivity index (χ1v) is 22.7. The second-order valence-electron chi connectivity index (χ2n) is 17.2. The molecule has 9 aromatic carbocycles. The van der Waals surface area contributed by atoms with Crippen LogP contribution in [0, 0.1) is 0 Å². The maximum Gasteiger partial charge on any atom is 0.143 e. The van der Waals surface area contributed by atoms with Gasteiger partial charge in [0, 0.05) is 49.6 Å². The molecule has 11 aromatic rings. The first-order valence-electron chi connectivity index (χ1n) is 22.7. The number of para-hydroxylation sites is 3. The molecule has 1 atom stereocenters. The molecule has 3 heteroatoms. The van der Waals surface area contributed by atoms with Gasteiger partial charge in [0.25, 0.3) is 0 Å². The van der Waals surface area contributed by atoms with E-state index in [1.54, 1.807) is 0 Å². The van der Waals surface area contributed by atoms with Crippen LogP contribution in [0.1, 0.15) is 35.6 Å². The normalized spacial score (nSPS) is 14.0. The Bertz CT molecular complexity index is 3650. The molecule has 65 heavy (non-hydrogen) atoms. The van der Waals surface area contributed by atoms with Crippen LogP contribution in [0.4, 0.5) is 11.4 Å². The van der Waals surface area contributed by atoms with Crippen molar-refractivity contribution in [1.29, 1.82) is 0 Å². The van der Waals surface area contributed by atoms with E-state index in [-0.39, 0.29) is 6.04 Å². The fraction of sp³-hybridized carbons (Fsp3) is 0.0645.